The van der Waals surface area contributed by atoms with E-state index < -0.39 is 0 Å². The first-order chi connectivity index (χ1) is 6.88. The standard InChI is InChI=1S/C10H9NOS2/c1-13-9-7-11-10(14-9)12-8-5-3-2-4-6-8/h2-7H,1H3. The quantitative estimate of drug-likeness (QED) is 0.741. The normalized spacial score (nSPS) is 10.1. The molecule has 1 aromatic heterocycles. The molecule has 0 saturated heterocycles. The molecule has 2 aromatic rings. The summed E-state index contributed by atoms with van der Waals surface area (Å²) in [5.74, 6) is 0.828. The zero-order chi connectivity index (χ0) is 9.80. The van der Waals surface area contributed by atoms with Crippen molar-refractivity contribution < 1.29 is 4.74 Å². The van der Waals surface area contributed by atoms with Gasteiger partial charge >= 0.3 is 0 Å². The molecule has 4 heteroatoms. The number of hydrogen-bond acceptors (Lipinski definition) is 4. The fraction of sp³-hybridized carbons (Fsp3) is 0.100. The summed E-state index contributed by atoms with van der Waals surface area (Å²) in [6.45, 7) is 0. The predicted molar refractivity (Wildman–Crippen MR) is 60.4 cm³/mol. The van der Waals surface area contributed by atoms with Gasteiger partial charge in [0.1, 0.15) is 5.75 Å². The highest BCUT2D eigenvalue weighted by Gasteiger charge is 2.02. The monoisotopic (exact) mass is 223 g/mol. The molecule has 1 aromatic carbocycles. The molecule has 0 fully saturated rings. The molecule has 2 nitrogen and oxygen atoms in total. The average molecular weight is 223 g/mol. The van der Waals surface area contributed by atoms with Crippen molar-refractivity contribution in [1.29, 1.82) is 0 Å². The summed E-state index contributed by atoms with van der Waals surface area (Å²) >= 11 is 3.23. The maximum Gasteiger partial charge on any atom is 0.279 e. The Morgan fingerprint density at radius 1 is 1.29 bits per heavy atom. The zero-order valence-electron chi connectivity index (χ0n) is 7.64. The molecule has 0 aliphatic rings. The lowest BCUT2D eigenvalue weighted by molar-refractivity contribution is 0.479. The van der Waals surface area contributed by atoms with Crippen LogP contribution in [0, 0.1) is 0 Å². The molecule has 14 heavy (non-hydrogen) atoms. The molecule has 0 radical (unpaired) electrons. The van der Waals surface area contributed by atoms with Gasteiger partial charge in [-0.1, -0.05) is 29.5 Å². The number of thioether (sulfide) groups is 1. The van der Waals surface area contributed by atoms with Gasteiger partial charge in [-0.2, -0.15) is 0 Å². The zero-order valence-corrected chi connectivity index (χ0v) is 9.27. The van der Waals surface area contributed by atoms with Gasteiger partial charge in [0.2, 0.25) is 0 Å². The summed E-state index contributed by atoms with van der Waals surface area (Å²) in [6.07, 6.45) is 3.85. The van der Waals surface area contributed by atoms with Crippen LogP contribution in [0.4, 0.5) is 0 Å². The van der Waals surface area contributed by atoms with Crippen molar-refractivity contribution in [3.8, 4) is 10.9 Å². The SMILES string of the molecule is CSc1cnc(Oc2ccccc2)s1. The molecule has 0 aliphatic carbocycles. The van der Waals surface area contributed by atoms with Crippen LogP contribution in [0.3, 0.4) is 0 Å². The number of thiazole rings is 1. The largest absolute Gasteiger partial charge is 0.431 e. The molecule has 0 unspecified atom stereocenters. The molecule has 0 N–H and O–H groups in total. The predicted octanol–water partition coefficient (Wildman–Crippen LogP) is 3.66. The van der Waals surface area contributed by atoms with Crippen molar-refractivity contribution in [2.24, 2.45) is 0 Å². The van der Waals surface area contributed by atoms with Crippen molar-refractivity contribution in [3.63, 3.8) is 0 Å². The molecule has 0 spiro atoms. The summed E-state index contributed by atoms with van der Waals surface area (Å²) in [6, 6.07) is 9.68. The number of hydrogen-bond donors (Lipinski definition) is 0. The van der Waals surface area contributed by atoms with Crippen LogP contribution in [-0.4, -0.2) is 11.2 Å². The summed E-state index contributed by atoms with van der Waals surface area (Å²) < 4.78 is 6.72. The lowest BCUT2D eigenvalue weighted by atomic mass is 10.3. The second kappa shape index (κ2) is 4.48. The molecule has 2 rings (SSSR count). The fourth-order valence-corrected chi connectivity index (χ4v) is 2.20. The van der Waals surface area contributed by atoms with Crippen LogP contribution in [0.5, 0.6) is 10.9 Å². The minimum Gasteiger partial charge on any atom is -0.431 e. The van der Waals surface area contributed by atoms with Crippen LogP contribution in [0.15, 0.2) is 40.7 Å². The Bertz CT molecular complexity index is 400. The molecule has 0 aliphatic heterocycles. The molecule has 0 atom stereocenters. The first-order valence-electron chi connectivity index (χ1n) is 4.11. The van der Waals surface area contributed by atoms with E-state index in [1.165, 1.54) is 0 Å². The van der Waals surface area contributed by atoms with Crippen molar-refractivity contribution in [1.82, 2.24) is 4.98 Å². The third-order valence-electron chi connectivity index (χ3n) is 1.61. The van der Waals surface area contributed by atoms with Crippen molar-refractivity contribution in [3.05, 3.63) is 36.5 Å². The Hall–Kier alpha value is -1.00. The van der Waals surface area contributed by atoms with Gasteiger partial charge in [-0.25, -0.2) is 4.98 Å². The molecule has 0 bridgehead atoms. The third-order valence-corrected chi connectivity index (χ3v) is 3.54. The van der Waals surface area contributed by atoms with Gasteiger partial charge in [-0.3, -0.25) is 0 Å². The fourth-order valence-electron chi connectivity index (χ4n) is 0.975. The molecule has 72 valence electrons. The highest BCUT2D eigenvalue weighted by Crippen LogP contribution is 2.30. The number of aromatic nitrogens is 1. The van der Waals surface area contributed by atoms with Gasteiger partial charge in [0, 0.05) is 0 Å². The van der Waals surface area contributed by atoms with Gasteiger partial charge in [0.25, 0.3) is 5.19 Å². The minimum atomic E-state index is 0.695. The van der Waals surface area contributed by atoms with Crippen LogP contribution in [0.25, 0.3) is 0 Å². The highest BCUT2D eigenvalue weighted by atomic mass is 32.2. The third kappa shape index (κ3) is 2.27. The molecule has 0 amide bonds. The number of nitrogens with zero attached hydrogens (tertiary/aromatic N) is 1. The van der Waals surface area contributed by atoms with E-state index in [2.05, 4.69) is 4.98 Å². The summed E-state index contributed by atoms with van der Waals surface area (Å²) in [5, 5.41) is 0.695. The van der Waals surface area contributed by atoms with E-state index in [1.807, 2.05) is 42.8 Å². The number of para-hydroxylation sites is 1. The van der Waals surface area contributed by atoms with Gasteiger partial charge in [0.05, 0.1) is 10.4 Å². The maximum atomic E-state index is 5.55. The van der Waals surface area contributed by atoms with E-state index in [1.54, 1.807) is 23.1 Å². The lowest BCUT2D eigenvalue weighted by Crippen LogP contribution is -1.80. The van der Waals surface area contributed by atoms with Gasteiger partial charge in [-0.05, 0) is 18.4 Å². The Labute approximate surface area is 91.0 Å². The number of ether oxygens (including phenoxy) is 1. The minimum absolute atomic E-state index is 0.695. The topological polar surface area (TPSA) is 22.1 Å². The van der Waals surface area contributed by atoms with E-state index in [-0.39, 0.29) is 0 Å². The summed E-state index contributed by atoms with van der Waals surface area (Å²) in [7, 11) is 0. The van der Waals surface area contributed by atoms with Gasteiger partial charge in [0.15, 0.2) is 0 Å². The van der Waals surface area contributed by atoms with Crippen molar-refractivity contribution in [2.75, 3.05) is 6.26 Å². The second-order valence-electron chi connectivity index (χ2n) is 2.56. The highest BCUT2D eigenvalue weighted by molar-refractivity contribution is 8.00. The Kier molecular flexibility index (Phi) is 3.06. The van der Waals surface area contributed by atoms with Gasteiger partial charge in [-0.15, -0.1) is 11.8 Å². The van der Waals surface area contributed by atoms with Crippen LogP contribution >= 0.6 is 23.1 Å². The Morgan fingerprint density at radius 3 is 2.71 bits per heavy atom. The Morgan fingerprint density at radius 2 is 2.07 bits per heavy atom. The van der Waals surface area contributed by atoms with Crippen molar-refractivity contribution in [2.45, 2.75) is 4.21 Å². The smallest absolute Gasteiger partial charge is 0.279 e. The van der Waals surface area contributed by atoms with E-state index in [9.17, 15) is 0 Å². The van der Waals surface area contributed by atoms with E-state index in [0.29, 0.717) is 5.19 Å². The lowest BCUT2D eigenvalue weighted by Gasteiger charge is -1.98. The van der Waals surface area contributed by atoms with Crippen LogP contribution < -0.4 is 4.74 Å². The first kappa shape index (κ1) is 9.55. The summed E-state index contributed by atoms with van der Waals surface area (Å²) in [4.78, 5) is 4.16. The average Bonchev–Trinajstić information content (AvgIpc) is 2.67. The van der Waals surface area contributed by atoms with E-state index >= 15 is 0 Å². The van der Waals surface area contributed by atoms with E-state index in [4.69, 9.17) is 4.74 Å². The van der Waals surface area contributed by atoms with Crippen LogP contribution in [0.1, 0.15) is 0 Å². The molecular formula is C10H9NOS2. The number of benzene rings is 1. The molecular weight excluding hydrogens is 214 g/mol. The maximum absolute atomic E-state index is 5.55. The van der Waals surface area contributed by atoms with Crippen LogP contribution in [-0.2, 0) is 0 Å². The van der Waals surface area contributed by atoms with Crippen molar-refractivity contribution >= 4 is 23.1 Å². The number of rotatable bonds is 3. The molecule has 0 saturated carbocycles. The first-order valence-corrected chi connectivity index (χ1v) is 6.15. The summed E-state index contributed by atoms with van der Waals surface area (Å²) in [5.41, 5.74) is 0. The molecule has 1 heterocycles. The second-order valence-corrected chi connectivity index (χ2v) is 4.66. The van der Waals surface area contributed by atoms with Crippen LogP contribution in [0.2, 0.25) is 0 Å². The van der Waals surface area contributed by atoms with Gasteiger partial charge < -0.3 is 4.74 Å². The van der Waals surface area contributed by atoms with E-state index in [0.717, 1.165) is 9.96 Å². The Balaban J connectivity index is 2.11.